The van der Waals surface area contributed by atoms with Crippen LogP contribution in [-0.2, 0) is 12.8 Å². The van der Waals surface area contributed by atoms with Gasteiger partial charge in [-0.25, -0.2) is 4.39 Å². The first-order valence-electron chi connectivity index (χ1n) is 5.92. The Kier molecular flexibility index (Phi) is 3.02. The third-order valence-electron chi connectivity index (χ3n) is 3.94. The molecule has 16 heavy (non-hydrogen) atoms. The molecule has 1 nitrogen and oxygen atoms in total. The van der Waals surface area contributed by atoms with Crippen molar-refractivity contribution >= 4 is 0 Å². The lowest BCUT2D eigenvalue weighted by Gasteiger charge is -2.36. The van der Waals surface area contributed by atoms with E-state index in [0.29, 0.717) is 5.92 Å². The maximum Gasteiger partial charge on any atom is 0.126 e. The van der Waals surface area contributed by atoms with Gasteiger partial charge < -0.3 is 5.11 Å². The van der Waals surface area contributed by atoms with Crippen molar-refractivity contribution < 1.29 is 9.50 Å². The van der Waals surface area contributed by atoms with E-state index in [2.05, 4.69) is 13.8 Å². The van der Waals surface area contributed by atoms with Gasteiger partial charge in [0.25, 0.3) is 0 Å². The fourth-order valence-electron chi connectivity index (χ4n) is 2.54. The number of fused-ring (bicyclic) bond motifs is 1. The second kappa shape index (κ2) is 4.17. The largest absolute Gasteiger partial charge is 0.396 e. The Labute approximate surface area is 96.3 Å². The van der Waals surface area contributed by atoms with Gasteiger partial charge in [-0.1, -0.05) is 26.0 Å². The molecule has 0 aromatic heterocycles. The van der Waals surface area contributed by atoms with Crippen LogP contribution in [0, 0.1) is 17.2 Å². The lowest BCUT2D eigenvalue weighted by Crippen LogP contribution is -2.32. The van der Waals surface area contributed by atoms with E-state index >= 15 is 0 Å². The summed E-state index contributed by atoms with van der Waals surface area (Å²) >= 11 is 0. The quantitative estimate of drug-likeness (QED) is 0.815. The van der Waals surface area contributed by atoms with Gasteiger partial charge in [0.2, 0.25) is 0 Å². The summed E-state index contributed by atoms with van der Waals surface area (Å²) in [7, 11) is 0. The highest BCUT2D eigenvalue weighted by Gasteiger charge is 2.32. The van der Waals surface area contributed by atoms with Crippen LogP contribution in [0.25, 0.3) is 0 Å². The summed E-state index contributed by atoms with van der Waals surface area (Å²) < 4.78 is 13.7. The Morgan fingerprint density at radius 1 is 1.44 bits per heavy atom. The first-order chi connectivity index (χ1) is 7.54. The first kappa shape index (κ1) is 11.6. The first-order valence-corrected chi connectivity index (χ1v) is 5.92. The summed E-state index contributed by atoms with van der Waals surface area (Å²) in [6.45, 7) is 4.29. The van der Waals surface area contributed by atoms with Gasteiger partial charge in [0.1, 0.15) is 5.82 Å². The molecule has 0 aliphatic heterocycles. The van der Waals surface area contributed by atoms with Gasteiger partial charge in [-0.15, -0.1) is 0 Å². The van der Waals surface area contributed by atoms with E-state index in [1.165, 1.54) is 6.07 Å². The lowest BCUT2D eigenvalue weighted by atomic mass is 9.70. The molecule has 0 radical (unpaired) electrons. The van der Waals surface area contributed by atoms with Crippen LogP contribution in [0.2, 0.25) is 0 Å². The molecule has 0 spiro atoms. The van der Waals surface area contributed by atoms with E-state index in [1.54, 1.807) is 6.07 Å². The molecule has 0 saturated heterocycles. The summed E-state index contributed by atoms with van der Waals surface area (Å²) in [5.74, 6) is 0.290. The highest BCUT2D eigenvalue weighted by molar-refractivity contribution is 5.31. The summed E-state index contributed by atoms with van der Waals surface area (Å²) in [6.07, 6.45) is 2.74. The van der Waals surface area contributed by atoms with Crippen LogP contribution in [0.1, 0.15) is 31.4 Å². The lowest BCUT2D eigenvalue weighted by molar-refractivity contribution is 0.0868. The number of hydrogen-bond donors (Lipinski definition) is 1. The second-order valence-electron chi connectivity index (χ2n) is 5.46. The van der Waals surface area contributed by atoms with Crippen molar-refractivity contribution in [2.24, 2.45) is 11.3 Å². The molecule has 1 N–H and O–H groups in total. The molecule has 0 bridgehead atoms. The standard InChI is InChI=1S/C14H19FO/c1-14(2,9-16)11-7-6-10-4-3-5-13(15)12(10)8-11/h3-5,11,16H,6-9H2,1-2H3. The molecule has 1 aliphatic rings. The van der Waals surface area contributed by atoms with Crippen LogP contribution in [0.5, 0.6) is 0 Å². The molecule has 2 rings (SSSR count). The minimum atomic E-state index is -0.111. The van der Waals surface area contributed by atoms with Gasteiger partial charge in [-0.2, -0.15) is 0 Å². The van der Waals surface area contributed by atoms with Crippen molar-refractivity contribution in [3.05, 3.63) is 35.1 Å². The molecule has 88 valence electrons. The highest BCUT2D eigenvalue weighted by Crippen LogP contribution is 2.37. The summed E-state index contributed by atoms with van der Waals surface area (Å²) in [5.41, 5.74) is 1.89. The Hall–Kier alpha value is -0.890. The van der Waals surface area contributed by atoms with E-state index in [0.717, 1.165) is 30.4 Å². The maximum atomic E-state index is 13.7. The van der Waals surface area contributed by atoms with Gasteiger partial charge in [0.15, 0.2) is 0 Å². The van der Waals surface area contributed by atoms with Crippen molar-refractivity contribution in [1.82, 2.24) is 0 Å². The van der Waals surface area contributed by atoms with Crippen LogP contribution < -0.4 is 0 Å². The van der Waals surface area contributed by atoms with Crippen LogP contribution in [0.15, 0.2) is 18.2 Å². The summed E-state index contributed by atoms with van der Waals surface area (Å²) in [4.78, 5) is 0. The molecule has 0 heterocycles. The van der Waals surface area contributed by atoms with E-state index in [-0.39, 0.29) is 17.8 Å². The number of hydrogen-bond acceptors (Lipinski definition) is 1. The monoisotopic (exact) mass is 222 g/mol. The molecule has 1 atom stereocenters. The number of halogens is 1. The van der Waals surface area contributed by atoms with Crippen LogP contribution >= 0.6 is 0 Å². The zero-order chi connectivity index (χ0) is 11.8. The van der Waals surface area contributed by atoms with Crippen molar-refractivity contribution in [3.63, 3.8) is 0 Å². The number of rotatable bonds is 2. The fraction of sp³-hybridized carbons (Fsp3) is 0.571. The van der Waals surface area contributed by atoms with Gasteiger partial charge in [0.05, 0.1) is 0 Å². The van der Waals surface area contributed by atoms with Gasteiger partial charge in [-0.05, 0) is 47.8 Å². The SMILES string of the molecule is CC(C)(CO)C1CCc2cccc(F)c2C1. The molecular formula is C14H19FO. The van der Waals surface area contributed by atoms with Crippen LogP contribution in [0.3, 0.4) is 0 Å². The Morgan fingerprint density at radius 2 is 2.19 bits per heavy atom. The molecule has 2 heteroatoms. The molecular weight excluding hydrogens is 203 g/mol. The van der Waals surface area contributed by atoms with Crippen molar-refractivity contribution in [1.29, 1.82) is 0 Å². The van der Waals surface area contributed by atoms with Gasteiger partial charge in [0, 0.05) is 6.61 Å². The fourth-order valence-corrected chi connectivity index (χ4v) is 2.54. The topological polar surface area (TPSA) is 20.2 Å². The Balaban J connectivity index is 2.27. The molecule has 1 aromatic rings. The number of aliphatic hydroxyl groups is 1. The van der Waals surface area contributed by atoms with Crippen molar-refractivity contribution in [3.8, 4) is 0 Å². The van der Waals surface area contributed by atoms with Crippen LogP contribution in [0.4, 0.5) is 4.39 Å². The average Bonchev–Trinajstić information content (AvgIpc) is 2.29. The number of benzene rings is 1. The second-order valence-corrected chi connectivity index (χ2v) is 5.46. The summed E-state index contributed by atoms with van der Waals surface area (Å²) in [6, 6.07) is 5.33. The average molecular weight is 222 g/mol. The third-order valence-corrected chi connectivity index (χ3v) is 3.94. The van der Waals surface area contributed by atoms with Crippen molar-refractivity contribution in [2.45, 2.75) is 33.1 Å². The highest BCUT2D eigenvalue weighted by atomic mass is 19.1. The molecule has 1 unspecified atom stereocenters. The minimum absolute atomic E-state index is 0.0871. The smallest absolute Gasteiger partial charge is 0.126 e. The Morgan fingerprint density at radius 3 is 2.88 bits per heavy atom. The van der Waals surface area contributed by atoms with Crippen molar-refractivity contribution in [2.75, 3.05) is 6.61 Å². The third kappa shape index (κ3) is 1.99. The minimum Gasteiger partial charge on any atom is -0.396 e. The number of aryl methyl sites for hydroxylation is 1. The predicted molar refractivity (Wildman–Crippen MR) is 62.8 cm³/mol. The maximum absolute atomic E-state index is 13.7. The molecule has 0 fully saturated rings. The van der Waals surface area contributed by atoms with Crippen LogP contribution in [-0.4, -0.2) is 11.7 Å². The van der Waals surface area contributed by atoms with Gasteiger partial charge in [-0.3, -0.25) is 0 Å². The van der Waals surface area contributed by atoms with E-state index in [9.17, 15) is 9.50 Å². The molecule has 0 saturated carbocycles. The Bertz CT molecular complexity index is 384. The van der Waals surface area contributed by atoms with E-state index in [4.69, 9.17) is 0 Å². The zero-order valence-corrected chi connectivity index (χ0v) is 9.96. The number of aliphatic hydroxyl groups excluding tert-OH is 1. The molecule has 1 aromatic carbocycles. The normalized spacial score (nSPS) is 20.6. The predicted octanol–water partition coefficient (Wildman–Crippen LogP) is 2.95. The van der Waals surface area contributed by atoms with E-state index in [1.807, 2.05) is 6.07 Å². The molecule has 1 aliphatic carbocycles. The van der Waals surface area contributed by atoms with E-state index < -0.39 is 0 Å². The molecule has 0 amide bonds. The zero-order valence-electron chi connectivity index (χ0n) is 9.96. The summed E-state index contributed by atoms with van der Waals surface area (Å²) in [5, 5.41) is 9.37. The van der Waals surface area contributed by atoms with Gasteiger partial charge >= 0.3 is 0 Å².